The molecule has 0 fully saturated rings. The summed E-state index contributed by atoms with van der Waals surface area (Å²) in [5.74, 6) is -0.635. The molecule has 2 aliphatic heterocycles. The maximum Gasteiger partial charge on any atom is 0.254 e. The Hall–Kier alpha value is -3.39. The molecule has 0 bridgehead atoms. The zero-order chi connectivity index (χ0) is 25.8. The first kappa shape index (κ1) is 25.7. The zero-order valence-corrected chi connectivity index (χ0v) is 21.9. The van der Waals surface area contributed by atoms with Crippen LogP contribution < -0.4 is 0 Å². The van der Waals surface area contributed by atoms with Crippen molar-refractivity contribution in [3.8, 4) is 0 Å². The Morgan fingerprint density at radius 2 is 1.72 bits per heavy atom. The number of likely N-dealkylation sites (N-methyl/N-ethyl adjacent to an activating group) is 1. The lowest BCUT2D eigenvalue weighted by Crippen LogP contribution is -2.42. The average molecular weight is 507 g/mol. The van der Waals surface area contributed by atoms with Crippen molar-refractivity contribution >= 4 is 28.7 Å². The van der Waals surface area contributed by atoms with Crippen LogP contribution in [0, 0.1) is 5.82 Å². The molecule has 36 heavy (non-hydrogen) atoms. The molecule has 0 spiro atoms. The summed E-state index contributed by atoms with van der Waals surface area (Å²) < 4.78 is 15.2. The molecule has 4 rings (SSSR count). The Kier molecular flexibility index (Phi) is 7.94. The number of hydrogen-bond donors (Lipinski definition) is 0. The SMILES string of the molecule is CCN(CC)C(=O)C1=C(C)N=C2SC=C(CC(=O)N(C)Cc3ccccc3)N2C1c1ccccc1F. The Bertz CT molecular complexity index is 1240. The van der Waals surface area contributed by atoms with Gasteiger partial charge < -0.3 is 14.7 Å². The highest BCUT2D eigenvalue weighted by Gasteiger charge is 2.42. The molecule has 2 amide bonds. The van der Waals surface area contributed by atoms with Gasteiger partial charge in [-0.05, 0) is 37.8 Å². The first-order valence-corrected chi connectivity index (χ1v) is 13.0. The van der Waals surface area contributed by atoms with Crippen molar-refractivity contribution in [3.63, 3.8) is 0 Å². The van der Waals surface area contributed by atoms with Crippen LogP contribution in [0.25, 0.3) is 0 Å². The average Bonchev–Trinajstić information content (AvgIpc) is 3.26. The largest absolute Gasteiger partial charge is 0.341 e. The van der Waals surface area contributed by atoms with Gasteiger partial charge in [-0.15, -0.1) is 0 Å². The highest BCUT2D eigenvalue weighted by molar-refractivity contribution is 8.16. The van der Waals surface area contributed by atoms with Crippen molar-refractivity contribution < 1.29 is 14.0 Å². The number of nitrogens with zero attached hydrogens (tertiary/aromatic N) is 4. The van der Waals surface area contributed by atoms with Crippen molar-refractivity contribution in [3.05, 3.63) is 93.9 Å². The monoisotopic (exact) mass is 506 g/mol. The number of hydrogen-bond acceptors (Lipinski definition) is 5. The standard InChI is InChI=1S/C28H31FN4O2S/c1-5-32(6-2)27(35)25-19(3)30-28-33(26(25)22-14-10-11-15-23(22)29)21(18-36-28)16-24(34)31(4)17-20-12-8-7-9-13-20/h7-15,18,26H,5-6,16-17H2,1-4H3. The molecule has 2 aliphatic rings. The van der Waals surface area contributed by atoms with Crippen LogP contribution in [-0.2, 0) is 16.1 Å². The summed E-state index contributed by atoms with van der Waals surface area (Å²) in [6.07, 6.45) is 0.117. The third-order valence-electron chi connectivity index (χ3n) is 6.50. The zero-order valence-electron chi connectivity index (χ0n) is 21.1. The molecule has 2 aromatic rings. The lowest BCUT2D eigenvalue weighted by molar-refractivity contribution is -0.129. The lowest BCUT2D eigenvalue weighted by atomic mass is 9.92. The van der Waals surface area contributed by atoms with Crippen LogP contribution in [0.2, 0.25) is 0 Å². The van der Waals surface area contributed by atoms with Gasteiger partial charge in [0.05, 0.1) is 23.7 Å². The number of aliphatic imine (C=N–C) groups is 1. The van der Waals surface area contributed by atoms with E-state index in [4.69, 9.17) is 4.99 Å². The van der Waals surface area contributed by atoms with E-state index in [9.17, 15) is 9.59 Å². The summed E-state index contributed by atoms with van der Waals surface area (Å²) in [7, 11) is 1.77. The highest BCUT2D eigenvalue weighted by Crippen LogP contribution is 2.45. The van der Waals surface area contributed by atoms with E-state index in [2.05, 4.69) is 0 Å². The van der Waals surface area contributed by atoms with Gasteiger partial charge in [-0.1, -0.05) is 60.3 Å². The van der Waals surface area contributed by atoms with Gasteiger partial charge in [0.2, 0.25) is 5.91 Å². The van der Waals surface area contributed by atoms with Gasteiger partial charge >= 0.3 is 0 Å². The Morgan fingerprint density at radius 3 is 2.39 bits per heavy atom. The summed E-state index contributed by atoms with van der Waals surface area (Å²) in [5.41, 5.74) is 3.14. The van der Waals surface area contributed by atoms with Crippen LogP contribution in [0.5, 0.6) is 0 Å². The predicted octanol–water partition coefficient (Wildman–Crippen LogP) is 5.32. The molecular weight excluding hydrogens is 475 g/mol. The van der Waals surface area contributed by atoms with Crippen molar-refractivity contribution in [2.75, 3.05) is 20.1 Å². The summed E-state index contributed by atoms with van der Waals surface area (Å²) >= 11 is 1.40. The van der Waals surface area contributed by atoms with E-state index >= 15 is 4.39 Å². The van der Waals surface area contributed by atoms with Gasteiger partial charge in [-0.2, -0.15) is 0 Å². The summed E-state index contributed by atoms with van der Waals surface area (Å²) in [6, 6.07) is 15.6. The van der Waals surface area contributed by atoms with Gasteiger partial charge in [0.25, 0.3) is 5.91 Å². The number of amidine groups is 1. The Morgan fingerprint density at radius 1 is 1.06 bits per heavy atom. The number of allylic oxidation sites excluding steroid dienone is 1. The van der Waals surface area contributed by atoms with Gasteiger partial charge in [-0.3, -0.25) is 9.59 Å². The molecule has 0 aromatic heterocycles. The molecule has 1 unspecified atom stereocenters. The van der Waals surface area contributed by atoms with Crippen LogP contribution in [0.15, 0.2) is 82.0 Å². The maximum atomic E-state index is 15.2. The Labute approximate surface area is 216 Å². The maximum absolute atomic E-state index is 15.2. The van der Waals surface area contributed by atoms with Crippen molar-refractivity contribution in [1.29, 1.82) is 0 Å². The second-order valence-electron chi connectivity index (χ2n) is 8.80. The van der Waals surface area contributed by atoms with E-state index < -0.39 is 11.9 Å². The number of carbonyl (C=O) groups excluding carboxylic acids is 2. The normalized spacial score (nSPS) is 16.9. The number of rotatable bonds is 8. The van der Waals surface area contributed by atoms with E-state index in [1.54, 1.807) is 42.0 Å². The van der Waals surface area contributed by atoms with E-state index in [0.29, 0.717) is 47.3 Å². The first-order valence-electron chi connectivity index (χ1n) is 12.1. The summed E-state index contributed by atoms with van der Waals surface area (Å²) in [5, 5.41) is 2.53. The van der Waals surface area contributed by atoms with Crippen LogP contribution in [0.1, 0.15) is 44.4 Å². The minimum absolute atomic E-state index is 0.0675. The Balaban J connectivity index is 1.68. The third kappa shape index (κ3) is 5.09. The smallest absolute Gasteiger partial charge is 0.254 e. The van der Waals surface area contributed by atoms with Crippen molar-refractivity contribution in [2.45, 2.75) is 39.8 Å². The van der Waals surface area contributed by atoms with Gasteiger partial charge in [0.15, 0.2) is 5.17 Å². The molecule has 0 saturated carbocycles. The van der Waals surface area contributed by atoms with Gasteiger partial charge in [-0.25, -0.2) is 9.38 Å². The molecule has 0 radical (unpaired) electrons. The number of thioether (sulfide) groups is 1. The summed E-state index contributed by atoms with van der Waals surface area (Å²) in [4.78, 5) is 36.8. The van der Waals surface area contributed by atoms with Crippen molar-refractivity contribution in [1.82, 2.24) is 14.7 Å². The molecule has 0 saturated heterocycles. The number of carbonyl (C=O) groups is 2. The molecule has 0 N–H and O–H groups in total. The second kappa shape index (κ2) is 11.1. The third-order valence-corrected chi connectivity index (χ3v) is 7.39. The fourth-order valence-electron chi connectivity index (χ4n) is 4.55. The van der Waals surface area contributed by atoms with E-state index in [-0.39, 0.29) is 18.2 Å². The molecule has 6 nitrogen and oxygen atoms in total. The van der Waals surface area contributed by atoms with Crippen molar-refractivity contribution in [2.24, 2.45) is 4.99 Å². The fraction of sp³-hybridized carbons (Fsp3) is 0.321. The predicted molar refractivity (Wildman–Crippen MR) is 142 cm³/mol. The van der Waals surface area contributed by atoms with Crippen LogP contribution in [0.4, 0.5) is 4.39 Å². The van der Waals surface area contributed by atoms with Crippen LogP contribution >= 0.6 is 11.8 Å². The van der Waals surface area contributed by atoms with Crippen LogP contribution in [-0.4, -0.2) is 51.8 Å². The number of fused-ring (bicyclic) bond motifs is 1. The first-order chi connectivity index (χ1) is 17.3. The minimum Gasteiger partial charge on any atom is -0.341 e. The molecule has 1 atom stereocenters. The summed E-state index contributed by atoms with van der Waals surface area (Å²) in [6.45, 7) is 7.20. The molecule has 8 heteroatoms. The van der Waals surface area contributed by atoms with E-state index in [1.807, 2.05) is 54.5 Å². The van der Waals surface area contributed by atoms with E-state index in [1.165, 1.54) is 17.8 Å². The second-order valence-corrected chi connectivity index (χ2v) is 9.64. The topological polar surface area (TPSA) is 56.2 Å². The van der Waals surface area contributed by atoms with Crippen LogP contribution in [0.3, 0.4) is 0 Å². The molecule has 188 valence electrons. The molecule has 2 aromatic carbocycles. The lowest BCUT2D eigenvalue weighted by Gasteiger charge is -2.38. The molecular formula is C28H31FN4O2S. The fourth-order valence-corrected chi connectivity index (χ4v) is 5.51. The van der Waals surface area contributed by atoms with E-state index in [0.717, 1.165) is 5.56 Å². The minimum atomic E-state index is -0.708. The number of halogens is 1. The van der Waals surface area contributed by atoms with Gasteiger partial charge in [0.1, 0.15) is 5.82 Å². The quantitative estimate of drug-likeness (QED) is 0.487. The molecule has 2 heterocycles. The molecule has 0 aliphatic carbocycles. The van der Waals surface area contributed by atoms with Gasteiger partial charge in [0, 0.05) is 37.9 Å². The highest BCUT2D eigenvalue weighted by atomic mass is 32.2. The number of benzene rings is 2. The number of amides is 2.